The molecule has 2 aromatic rings. The van der Waals surface area contributed by atoms with Gasteiger partial charge in [-0.2, -0.15) is 11.8 Å². The van der Waals surface area contributed by atoms with Crippen molar-refractivity contribution in [2.24, 2.45) is 5.73 Å². The van der Waals surface area contributed by atoms with Gasteiger partial charge in [-0.1, -0.05) is 0 Å². The van der Waals surface area contributed by atoms with Crippen LogP contribution in [-0.2, 0) is 16.0 Å². The minimum atomic E-state index is -1.82. The summed E-state index contributed by atoms with van der Waals surface area (Å²) in [4.78, 5) is 21.4. The Kier molecular flexibility index (Phi) is 7.41. The highest BCUT2D eigenvalue weighted by molar-refractivity contribution is 7.99. The molecule has 120 valence electrons. The van der Waals surface area contributed by atoms with Crippen LogP contribution in [0.25, 0.3) is 10.9 Å². The van der Waals surface area contributed by atoms with Gasteiger partial charge in [-0.05, 0) is 35.9 Å². The Morgan fingerprint density at radius 1 is 1.23 bits per heavy atom. The number of nitrogens with two attached hydrogens (primary N) is 1. The lowest BCUT2D eigenvalue weighted by molar-refractivity contribution is -0.159. The van der Waals surface area contributed by atoms with E-state index in [-0.39, 0.29) is 5.82 Å². The highest BCUT2D eigenvalue weighted by atomic mass is 32.2. The monoisotopic (exact) mass is 328 g/mol. The van der Waals surface area contributed by atoms with Crippen molar-refractivity contribution >= 4 is 34.6 Å². The molecule has 0 unspecified atom stereocenters. The lowest BCUT2D eigenvalue weighted by Crippen LogP contribution is -2.09. The maximum atomic E-state index is 13.1. The van der Waals surface area contributed by atoms with Crippen molar-refractivity contribution in [1.29, 1.82) is 0 Å². The lowest BCUT2D eigenvalue weighted by atomic mass is 10.1. The third-order valence-electron chi connectivity index (χ3n) is 2.69. The second kappa shape index (κ2) is 9.06. The topological polar surface area (TPSA) is 116 Å². The Hall–Kier alpha value is -2.06. The van der Waals surface area contributed by atoms with Crippen molar-refractivity contribution in [2.45, 2.75) is 6.42 Å². The van der Waals surface area contributed by atoms with Crippen LogP contribution in [-0.4, -0.2) is 45.2 Å². The smallest absolute Gasteiger partial charge is 0.414 e. The van der Waals surface area contributed by atoms with Crippen LogP contribution in [0, 0.1) is 5.82 Å². The fourth-order valence-electron chi connectivity index (χ4n) is 1.72. The number of carboxylic acids is 2. The van der Waals surface area contributed by atoms with E-state index in [2.05, 4.69) is 4.98 Å². The van der Waals surface area contributed by atoms with Gasteiger partial charge in [0.25, 0.3) is 0 Å². The number of aromatic nitrogens is 1. The molecule has 0 saturated carbocycles. The van der Waals surface area contributed by atoms with Crippen LogP contribution in [0.3, 0.4) is 0 Å². The van der Waals surface area contributed by atoms with Crippen LogP contribution in [0.15, 0.2) is 24.4 Å². The van der Waals surface area contributed by atoms with Crippen LogP contribution in [0.2, 0.25) is 0 Å². The van der Waals surface area contributed by atoms with Crippen molar-refractivity contribution in [3.63, 3.8) is 0 Å². The van der Waals surface area contributed by atoms with Crippen molar-refractivity contribution in [3.8, 4) is 0 Å². The zero-order valence-corrected chi connectivity index (χ0v) is 12.5. The fourth-order valence-corrected chi connectivity index (χ4v) is 2.46. The maximum absolute atomic E-state index is 13.1. The molecular weight excluding hydrogens is 311 g/mol. The van der Waals surface area contributed by atoms with Gasteiger partial charge in [-0.25, -0.2) is 14.0 Å². The molecule has 1 heterocycles. The van der Waals surface area contributed by atoms with Crippen LogP contribution < -0.4 is 5.73 Å². The molecule has 1 aromatic carbocycles. The SMILES string of the molecule is NCCSCCc1c[nH]c2ccc(F)cc12.O=C(O)C(=O)O. The molecule has 0 radical (unpaired) electrons. The Balaban J connectivity index is 0.000000346. The summed E-state index contributed by atoms with van der Waals surface area (Å²) in [5.74, 6) is -1.81. The maximum Gasteiger partial charge on any atom is 0.414 e. The Morgan fingerprint density at radius 3 is 2.50 bits per heavy atom. The average Bonchev–Trinajstić information content (AvgIpc) is 2.86. The lowest BCUT2D eigenvalue weighted by Gasteiger charge is -1.99. The van der Waals surface area contributed by atoms with Gasteiger partial charge in [-0.3, -0.25) is 0 Å². The number of carboxylic acid groups (broad SMARTS) is 2. The Labute approximate surface area is 130 Å². The molecule has 0 amide bonds. The molecule has 0 spiro atoms. The zero-order valence-electron chi connectivity index (χ0n) is 11.7. The number of rotatable bonds is 5. The van der Waals surface area contributed by atoms with E-state index < -0.39 is 11.9 Å². The number of hydrogen-bond donors (Lipinski definition) is 4. The molecule has 0 atom stereocenters. The van der Waals surface area contributed by atoms with Crippen molar-refractivity contribution in [3.05, 3.63) is 35.8 Å². The van der Waals surface area contributed by atoms with E-state index in [4.69, 9.17) is 25.5 Å². The highest BCUT2D eigenvalue weighted by Gasteiger charge is 2.04. The van der Waals surface area contributed by atoms with Gasteiger partial charge in [0.05, 0.1) is 0 Å². The number of aliphatic carboxylic acids is 2. The van der Waals surface area contributed by atoms with Crippen LogP contribution in [0.1, 0.15) is 5.56 Å². The van der Waals surface area contributed by atoms with E-state index in [0.29, 0.717) is 6.54 Å². The van der Waals surface area contributed by atoms with Crippen LogP contribution >= 0.6 is 11.8 Å². The molecule has 0 saturated heterocycles. The van der Waals surface area contributed by atoms with E-state index >= 15 is 0 Å². The van der Waals surface area contributed by atoms with Gasteiger partial charge in [0.1, 0.15) is 5.82 Å². The summed E-state index contributed by atoms with van der Waals surface area (Å²) in [6.07, 6.45) is 2.92. The standard InChI is InChI=1S/C12H15FN2S.C2H2O4/c13-10-1-2-12-11(7-10)9(8-15-12)3-5-16-6-4-14;3-1(4)2(5)6/h1-2,7-8,15H,3-6,14H2;(H,3,4)(H,5,6). The van der Waals surface area contributed by atoms with Gasteiger partial charge in [0.15, 0.2) is 0 Å². The summed E-state index contributed by atoms with van der Waals surface area (Å²) in [6.45, 7) is 0.715. The number of thioether (sulfide) groups is 1. The zero-order chi connectivity index (χ0) is 16.5. The number of aryl methyl sites for hydroxylation is 1. The molecule has 8 heteroatoms. The quantitative estimate of drug-likeness (QED) is 0.490. The highest BCUT2D eigenvalue weighted by Crippen LogP contribution is 2.20. The first-order valence-corrected chi connectivity index (χ1v) is 7.60. The van der Waals surface area contributed by atoms with Gasteiger partial charge in [0.2, 0.25) is 0 Å². The first kappa shape index (κ1) is 18.0. The number of fused-ring (bicyclic) bond motifs is 1. The number of H-pyrrole nitrogens is 1. The predicted molar refractivity (Wildman–Crippen MR) is 83.6 cm³/mol. The van der Waals surface area contributed by atoms with Crippen LogP contribution in [0.5, 0.6) is 0 Å². The number of nitrogens with one attached hydrogen (secondary N) is 1. The normalized spacial score (nSPS) is 10.1. The Morgan fingerprint density at radius 2 is 1.91 bits per heavy atom. The summed E-state index contributed by atoms with van der Waals surface area (Å²) in [5, 5.41) is 15.8. The molecular formula is C14H17FN2O4S. The summed E-state index contributed by atoms with van der Waals surface area (Å²) < 4.78 is 13.1. The Bertz CT molecular complexity index is 633. The van der Waals surface area contributed by atoms with E-state index in [1.165, 1.54) is 11.6 Å². The van der Waals surface area contributed by atoms with Gasteiger partial charge in [-0.15, -0.1) is 0 Å². The van der Waals surface area contributed by atoms with Crippen molar-refractivity contribution in [2.75, 3.05) is 18.1 Å². The van der Waals surface area contributed by atoms with Crippen molar-refractivity contribution < 1.29 is 24.2 Å². The molecule has 0 aliphatic rings. The molecule has 22 heavy (non-hydrogen) atoms. The summed E-state index contributed by atoms with van der Waals surface area (Å²) in [7, 11) is 0. The van der Waals surface area contributed by atoms with Gasteiger partial charge in [0, 0.05) is 29.4 Å². The summed E-state index contributed by atoms with van der Waals surface area (Å²) in [5.41, 5.74) is 7.60. The first-order valence-electron chi connectivity index (χ1n) is 6.45. The number of benzene rings is 1. The molecule has 5 N–H and O–H groups in total. The largest absolute Gasteiger partial charge is 0.473 e. The van der Waals surface area contributed by atoms with Crippen LogP contribution in [0.4, 0.5) is 4.39 Å². The number of halogens is 1. The number of aromatic amines is 1. The molecule has 1 aromatic heterocycles. The van der Waals surface area contributed by atoms with E-state index in [1.54, 1.807) is 12.1 Å². The first-order chi connectivity index (χ1) is 10.5. The molecule has 0 bridgehead atoms. The molecule has 0 aliphatic carbocycles. The van der Waals surface area contributed by atoms with E-state index in [0.717, 1.165) is 28.8 Å². The second-order valence-electron chi connectivity index (χ2n) is 4.27. The van der Waals surface area contributed by atoms with E-state index in [9.17, 15) is 4.39 Å². The molecule has 0 fully saturated rings. The fraction of sp³-hybridized carbons (Fsp3) is 0.286. The third kappa shape index (κ3) is 5.74. The molecule has 0 aliphatic heterocycles. The number of hydrogen-bond acceptors (Lipinski definition) is 4. The second-order valence-corrected chi connectivity index (χ2v) is 5.49. The molecule has 2 rings (SSSR count). The minimum absolute atomic E-state index is 0.178. The van der Waals surface area contributed by atoms with E-state index in [1.807, 2.05) is 18.0 Å². The third-order valence-corrected chi connectivity index (χ3v) is 3.71. The average molecular weight is 328 g/mol. The predicted octanol–water partition coefficient (Wildman–Crippen LogP) is 1.70. The minimum Gasteiger partial charge on any atom is -0.473 e. The summed E-state index contributed by atoms with van der Waals surface area (Å²) >= 11 is 1.83. The summed E-state index contributed by atoms with van der Waals surface area (Å²) in [6, 6.07) is 4.85. The number of carbonyl (C=O) groups is 2. The van der Waals surface area contributed by atoms with Gasteiger partial charge >= 0.3 is 11.9 Å². The van der Waals surface area contributed by atoms with Gasteiger partial charge < -0.3 is 20.9 Å². The van der Waals surface area contributed by atoms with Crippen molar-refractivity contribution in [1.82, 2.24) is 4.98 Å². The molecule has 6 nitrogen and oxygen atoms in total.